The first kappa shape index (κ1) is 16.1. The van der Waals surface area contributed by atoms with Gasteiger partial charge in [-0.15, -0.1) is 0 Å². The minimum Gasteiger partial charge on any atom is -0.472 e. The van der Waals surface area contributed by atoms with Crippen LogP contribution in [0.1, 0.15) is 44.8 Å². The molecule has 3 fully saturated rings. The Bertz CT molecular complexity index is 812. The molecule has 3 heterocycles. The lowest BCUT2D eigenvalue weighted by Gasteiger charge is -2.60. The summed E-state index contributed by atoms with van der Waals surface area (Å²) in [5.41, 5.74) is -1.94. The molecule has 2 aliphatic carbocycles. The van der Waals surface area contributed by atoms with E-state index in [1.54, 1.807) is 18.6 Å². The minimum atomic E-state index is -1.62. The Morgan fingerprint density at radius 1 is 1.23 bits per heavy atom. The molecule has 7 unspecified atom stereocenters. The van der Waals surface area contributed by atoms with Crippen molar-refractivity contribution >= 4 is 11.9 Å². The number of furan rings is 1. The molecule has 0 bridgehead atoms. The highest BCUT2D eigenvalue weighted by molar-refractivity contribution is 5.87. The molecule has 0 spiro atoms. The average molecular weight is 358 g/mol. The van der Waals surface area contributed by atoms with E-state index in [0.29, 0.717) is 19.3 Å². The second kappa shape index (κ2) is 4.80. The number of aliphatic hydroxyl groups is 1. The number of carbonyl (C=O) groups is 2. The van der Waals surface area contributed by atoms with Gasteiger partial charge in [-0.1, -0.05) is 19.9 Å². The smallest absolute Gasteiger partial charge is 0.343 e. The lowest BCUT2D eigenvalue weighted by atomic mass is 9.43. The van der Waals surface area contributed by atoms with Gasteiger partial charge in [-0.2, -0.15) is 0 Å². The summed E-state index contributed by atoms with van der Waals surface area (Å²) >= 11 is 0. The molecule has 2 saturated heterocycles. The van der Waals surface area contributed by atoms with Crippen molar-refractivity contribution < 1.29 is 28.6 Å². The van der Waals surface area contributed by atoms with Gasteiger partial charge in [-0.25, -0.2) is 4.79 Å². The van der Waals surface area contributed by atoms with Gasteiger partial charge in [0.25, 0.3) is 0 Å². The third-order valence-corrected chi connectivity index (χ3v) is 7.63. The molecule has 26 heavy (non-hydrogen) atoms. The van der Waals surface area contributed by atoms with Gasteiger partial charge in [0.1, 0.15) is 12.2 Å². The fraction of sp³-hybridized carbons (Fsp3) is 0.600. The first-order valence-electron chi connectivity index (χ1n) is 9.14. The van der Waals surface area contributed by atoms with Crippen molar-refractivity contribution in [1.29, 1.82) is 0 Å². The van der Waals surface area contributed by atoms with Gasteiger partial charge in [-0.05, 0) is 42.7 Å². The number of cyclic esters (lactones) is 1. The zero-order valence-electron chi connectivity index (χ0n) is 14.8. The van der Waals surface area contributed by atoms with E-state index in [0.717, 1.165) is 5.56 Å². The lowest BCUT2D eigenvalue weighted by Crippen LogP contribution is -2.65. The Morgan fingerprint density at radius 3 is 2.77 bits per heavy atom. The van der Waals surface area contributed by atoms with Gasteiger partial charge >= 0.3 is 11.9 Å². The van der Waals surface area contributed by atoms with Gasteiger partial charge in [0.15, 0.2) is 5.60 Å². The van der Waals surface area contributed by atoms with E-state index in [1.165, 1.54) is 0 Å². The SMILES string of the molecule is CC12CC(c3ccoc3)OC(=O)C1CC1OC(=O)C3(O)C=CCC2C13C. The van der Waals surface area contributed by atoms with Crippen LogP contribution in [-0.2, 0) is 19.1 Å². The molecule has 7 atom stereocenters. The minimum absolute atomic E-state index is 0.0672. The normalized spacial score (nSPS) is 49.2. The lowest BCUT2D eigenvalue weighted by molar-refractivity contribution is -0.212. The van der Waals surface area contributed by atoms with Crippen LogP contribution < -0.4 is 0 Å². The zero-order valence-corrected chi connectivity index (χ0v) is 14.8. The van der Waals surface area contributed by atoms with Crippen LogP contribution in [-0.4, -0.2) is 28.8 Å². The summed E-state index contributed by atoms with van der Waals surface area (Å²) < 4.78 is 16.4. The summed E-state index contributed by atoms with van der Waals surface area (Å²) in [5, 5.41) is 11.2. The van der Waals surface area contributed by atoms with Crippen molar-refractivity contribution in [1.82, 2.24) is 0 Å². The van der Waals surface area contributed by atoms with E-state index in [1.807, 2.05) is 19.1 Å². The van der Waals surface area contributed by atoms with Crippen molar-refractivity contribution in [3.05, 3.63) is 36.3 Å². The molecule has 1 N–H and O–H groups in total. The van der Waals surface area contributed by atoms with E-state index in [4.69, 9.17) is 13.9 Å². The maximum atomic E-state index is 12.9. The molecule has 4 aliphatic rings. The maximum Gasteiger partial charge on any atom is 0.343 e. The predicted octanol–water partition coefficient (Wildman–Crippen LogP) is 2.53. The van der Waals surface area contributed by atoms with Crippen molar-refractivity contribution in [2.75, 3.05) is 0 Å². The molecule has 6 nitrogen and oxygen atoms in total. The summed E-state index contributed by atoms with van der Waals surface area (Å²) in [6.45, 7) is 4.03. The molecule has 0 amide bonds. The summed E-state index contributed by atoms with van der Waals surface area (Å²) in [5.74, 6) is -1.28. The van der Waals surface area contributed by atoms with Gasteiger partial charge in [0.05, 0.1) is 23.9 Å². The molecular formula is C20H22O6. The maximum absolute atomic E-state index is 12.9. The van der Waals surface area contributed by atoms with Crippen LogP contribution in [0.3, 0.4) is 0 Å². The predicted molar refractivity (Wildman–Crippen MR) is 88.6 cm³/mol. The monoisotopic (exact) mass is 358 g/mol. The Morgan fingerprint density at radius 2 is 2.04 bits per heavy atom. The first-order chi connectivity index (χ1) is 12.3. The molecule has 138 valence electrons. The number of fused-ring (bicyclic) bond motifs is 2. The highest BCUT2D eigenvalue weighted by Crippen LogP contribution is 2.68. The molecule has 6 heteroatoms. The number of esters is 2. The standard InChI is InChI=1S/C20H22O6/c1-18-9-13(11-5-7-24-10-11)25-16(21)12(18)8-15-19(2)14(18)4-3-6-20(19,23)17(22)26-15/h3,5-7,10,12-15,23H,4,8-9H2,1-2H3. The van der Waals surface area contributed by atoms with Crippen molar-refractivity contribution in [3.8, 4) is 0 Å². The first-order valence-corrected chi connectivity index (χ1v) is 9.14. The van der Waals surface area contributed by atoms with Crippen LogP contribution >= 0.6 is 0 Å². The summed E-state index contributed by atoms with van der Waals surface area (Å²) in [6, 6.07) is 1.81. The van der Waals surface area contributed by atoms with Gasteiger partial charge in [-0.3, -0.25) is 4.79 Å². The van der Waals surface area contributed by atoms with Gasteiger partial charge in [0, 0.05) is 5.56 Å². The Labute approximate surface area is 151 Å². The number of hydrogen-bond acceptors (Lipinski definition) is 6. The summed E-state index contributed by atoms with van der Waals surface area (Å²) in [7, 11) is 0. The van der Waals surface area contributed by atoms with Crippen LogP contribution in [0, 0.1) is 22.7 Å². The van der Waals surface area contributed by atoms with E-state index in [2.05, 4.69) is 6.92 Å². The fourth-order valence-corrected chi connectivity index (χ4v) is 6.09. The number of rotatable bonds is 1. The quantitative estimate of drug-likeness (QED) is 0.613. The van der Waals surface area contributed by atoms with Crippen LogP contribution in [0.15, 0.2) is 35.2 Å². The molecule has 0 aromatic carbocycles. The van der Waals surface area contributed by atoms with E-state index >= 15 is 0 Å². The van der Waals surface area contributed by atoms with Crippen molar-refractivity contribution in [3.63, 3.8) is 0 Å². The average Bonchev–Trinajstić information content (AvgIpc) is 3.18. The van der Waals surface area contributed by atoms with E-state index in [9.17, 15) is 14.7 Å². The summed E-state index contributed by atoms with van der Waals surface area (Å²) in [4.78, 5) is 25.3. The zero-order chi connectivity index (χ0) is 18.3. The number of carbonyl (C=O) groups excluding carboxylic acids is 2. The second-order valence-electron chi connectivity index (χ2n) is 8.61. The number of ether oxygens (including phenoxy) is 2. The molecule has 5 rings (SSSR count). The van der Waals surface area contributed by atoms with Crippen LogP contribution in [0.4, 0.5) is 0 Å². The fourth-order valence-electron chi connectivity index (χ4n) is 6.09. The van der Waals surface area contributed by atoms with E-state index < -0.39 is 28.5 Å². The highest BCUT2D eigenvalue weighted by Gasteiger charge is 2.75. The molecule has 1 aromatic rings. The molecular weight excluding hydrogens is 336 g/mol. The van der Waals surface area contributed by atoms with Crippen molar-refractivity contribution in [2.24, 2.45) is 22.7 Å². The van der Waals surface area contributed by atoms with E-state index in [-0.39, 0.29) is 23.9 Å². The number of allylic oxidation sites excluding steroid dienone is 1. The molecule has 1 saturated carbocycles. The van der Waals surface area contributed by atoms with Gasteiger partial charge < -0.3 is 19.0 Å². The Kier molecular flexibility index (Phi) is 2.97. The second-order valence-corrected chi connectivity index (χ2v) is 8.61. The Hall–Kier alpha value is -2.08. The Balaban J connectivity index is 1.62. The molecule has 2 aliphatic heterocycles. The summed E-state index contributed by atoms with van der Waals surface area (Å²) in [6.07, 6.45) is 7.49. The van der Waals surface area contributed by atoms with Crippen LogP contribution in [0.2, 0.25) is 0 Å². The number of hydrogen-bond donors (Lipinski definition) is 1. The van der Waals surface area contributed by atoms with Crippen LogP contribution in [0.5, 0.6) is 0 Å². The molecule has 1 aromatic heterocycles. The largest absolute Gasteiger partial charge is 0.472 e. The van der Waals surface area contributed by atoms with Gasteiger partial charge in [0.2, 0.25) is 0 Å². The topological polar surface area (TPSA) is 86.0 Å². The molecule has 0 radical (unpaired) electrons. The van der Waals surface area contributed by atoms with Crippen LogP contribution in [0.25, 0.3) is 0 Å². The third-order valence-electron chi connectivity index (χ3n) is 7.63. The highest BCUT2D eigenvalue weighted by atomic mass is 16.6. The van der Waals surface area contributed by atoms with Crippen molar-refractivity contribution in [2.45, 2.75) is 50.9 Å². The third kappa shape index (κ3) is 1.66.